The van der Waals surface area contributed by atoms with Crippen molar-refractivity contribution in [1.82, 2.24) is 24.7 Å². The molecule has 0 aliphatic heterocycles. The monoisotopic (exact) mass is 418 g/mol. The number of hydrogen-bond donors (Lipinski definition) is 1. The molecule has 1 aliphatic carbocycles. The van der Waals surface area contributed by atoms with Crippen molar-refractivity contribution in [3.05, 3.63) is 64.6 Å². The van der Waals surface area contributed by atoms with Crippen molar-refractivity contribution >= 4 is 22.4 Å². The van der Waals surface area contributed by atoms with Crippen LogP contribution >= 0.6 is 11.3 Å². The molecule has 4 aromatic rings. The summed E-state index contributed by atoms with van der Waals surface area (Å²) in [5.74, 6) is 1.44. The fourth-order valence-corrected chi connectivity index (χ4v) is 4.66. The molecule has 3 heterocycles. The third-order valence-corrected chi connectivity index (χ3v) is 6.16. The van der Waals surface area contributed by atoms with Gasteiger partial charge in [-0.05, 0) is 49.9 Å². The van der Waals surface area contributed by atoms with Gasteiger partial charge in [0.05, 0.1) is 25.0 Å². The van der Waals surface area contributed by atoms with Gasteiger partial charge >= 0.3 is 0 Å². The molecule has 0 spiro atoms. The molecule has 0 saturated carbocycles. The number of anilines is 2. The summed E-state index contributed by atoms with van der Waals surface area (Å²) in [7, 11) is 1.68. The molecule has 8 heteroatoms. The van der Waals surface area contributed by atoms with Crippen molar-refractivity contribution < 1.29 is 4.74 Å². The maximum Gasteiger partial charge on any atom is 0.229 e. The Bertz CT molecular complexity index is 1180. The van der Waals surface area contributed by atoms with Gasteiger partial charge in [-0.1, -0.05) is 12.1 Å². The summed E-state index contributed by atoms with van der Waals surface area (Å²) in [6.07, 6.45) is 6.93. The van der Waals surface area contributed by atoms with E-state index in [1.165, 1.54) is 10.4 Å². The van der Waals surface area contributed by atoms with Crippen LogP contribution in [0.3, 0.4) is 0 Å². The van der Waals surface area contributed by atoms with Gasteiger partial charge in [0.1, 0.15) is 5.75 Å². The summed E-state index contributed by atoms with van der Waals surface area (Å²) in [6.45, 7) is 2.67. The van der Waals surface area contributed by atoms with Crippen LogP contribution in [0, 0.1) is 6.92 Å². The molecule has 7 nitrogen and oxygen atoms in total. The molecule has 1 aromatic carbocycles. The van der Waals surface area contributed by atoms with Crippen LogP contribution in [0.5, 0.6) is 5.75 Å². The lowest BCUT2D eigenvalue weighted by Crippen LogP contribution is -2.01. The SMILES string of the molecule is COc1ccc(Cn2cc3c(n2)CCCc2sc(Nc4nccc(C)n4)nc2-3)cc1. The second-order valence-corrected chi connectivity index (χ2v) is 8.41. The van der Waals surface area contributed by atoms with Crippen molar-refractivity contribution in [2.75, 3.05) is 12.4 Å². The van der Waals surface area contributed by atoms with Crippen molar-refractivity contribution in [3.8, 4) is 17.0 Å². The van der Waals surface area contributed by atoms with Crippen LogP contribution in [0.15, 0.2) is 42.7 Å². The fourth-order valence-electron chi connectivity index (χ4n) is 3.65. The predicted molar refractivity (Wildman–Crippen MR) is 118 cm³/mol. The van der Waals surface area contributed by atoms with Gasteiger partial charge in [0.2, 0.25) is 5.95 Å². The molecule has 5 rings (SSSR count). The molecule has 0 saturated heterocycles. The number of benzene rings is 1. The molecule has 0 unspecified atom stereocenters. The van der Waals surface area contributed by atoms with E-state index in [0.29, 0.717) is 5.95 Å². The molecule has 30 heavy (non-hydrogen) atoms. The van der Waals surface area contributed by atoms with E-state index in [-0.39, 0.29) is 0 Å². The zero-order chi connectivity index (χ0) is 20.5. The third-order valence-electron chi connectivity index (χ3n) is 5.13. The van der Waals surface area contributed by atoms with Crippen molar-refractivity contribution in [3.63, 3.8) is 0 Å². The molecular formula is C22H22N6OS. The minimum atomic E-state index is 0.578. The summed E-state index contributed by atoms with van der Waals surface area (Å²) in [5, 5.41) is 8.93. The zero-order valence-corrected chi connectivity index (χ0v) is 17.7. The van der Waals surface area contributed by atoms with E-state index in [4.69, 9.17) is 14.8 Å². The molecule has 3 aromatic heterocycles. The first kappa shape index (κ1) is 18.7. The highest BCUT2D eigenvalue weighted by Crippen LogP contribution is 2.37. The second-order valence-electron chi connectivity index (χ2n) is 7.33. The Balaban J connectivity index is 1.42. The van der Waals surface area contributed by atoms with Crippen LogP contribution in [0.2, 0.25) is 0 Å². The average Bonchev–Trinajstić information content (AvgIpc) is 3.28. The Morgan fingerprint density at radius 3 is 2.80 bits per heavy atom. The van der Waals surface area contributed by atoms with Crippen LogP contribution in [-0.4, -0.2) is 31.8 Å². The Labute approximate surface area is 178 Å². The number of thiazole rings is 1. The van der Waals surface area contributed by atoms with E-state index in [0.717, 1.165) is 59.3 Å². The standard InChI is InChI=1S/C22H22N6OS/c1-14-10-11-23-21(24-14)26-22-25-20-17-13-28(12-15-6-8-16(29-2)9-7-15)27-18(17)4-3-5-19(20)30-22/h6-11,13H,3-5,12H2,1-2H3,(H,23,24,25,26). The highest BCUT2D eigenvalue weighted by molar-refractivity contribution is 7.16. The van der Waals surface area contributed by atoms with Crippen molar-refractivity contribution in [2.24, 2.45) is 0 Å². The summed E-state index contributed by atoms with van der Waals surface area (Å²) in [5.41, 5.74) is 5.39. The third kappa shape index (κ3) is 3.78. The van der Waals surface area contributed by atoms with Crippen LogP contribution in [-0.2, 0) is 19.4 Å². The van der Waals surface area contributed by atoms with Crippen molar-refractivity contribution in [2.45, 2.75) is 32.7 Å². The van der Waals surface area contributed by atoms with Crippen molar-refractivity contribution in [1.29, 1.82) is 0 Å². The lowest BCUT2D eigenvalue weighted by Gasteiger charge is -2.04. The molecule has 1 aliphatic rings. The van der Waals surface area contributed by atoms with Gasteiger partial charge in [-0.2, -0.15) is 5.10 Å². The van der Waals surface area contributed by atoms with E-state index < -0.39 is 0 Å². The number of ether oxygens (including phenoxy) is 1. The van der Waals surface area contributed by atoms with E-state index >= 15 is 0 Å². The van der Waals surface area contributed by atoms with Crippen LogP contribution < -0.4 is 10.1 Å². The van der Waals surface area contributed by atoms with Gasteiger partial charge in [0.25, 0.3) is 0 Å². The van der Waals surface area contributed by atoms with Crippen LogP contribution in [0.1, 0.15) is 28.2 Å². The minimum Gasteiger partial charge on any atom is -0.497 e. The maximum absolute atomic E-state index is 5.25. The highest BCUT2D eigenvalue weighted by atomic mass is 32.1. The van der Waals surface area contributed by atoms with Gasteiger partial charge in [0.15, 0.2) is 5.13 Å². The molecule has 0 amide bonds. The molecule has 152 valence electrons. The fraction of sp³-hybridized carbons (Fsp3) is 0.273. The smallest absolute Gasteiger partial charge is 0.229 e. The predicted octanol–water partition coefficient (Wildman–Crippen LogP) is 4.39. The quantitative estimate of drug-likeness (QED) is 0.518. The highest BCUT2D eigenvalue weighted by Gasteiger charge is 2.22. The Hall–Kier alpha value is -3.26. The zero-order valence-electron chi connectivity index (χ0n) is 16.9. The van der Waals surface area contributed by atoms with E-state index in [1.807, 2.05) is 29.8 Å². The van der Waals surface area contributed by atoms with Gasteiger partial charge in [-0.25, -0.2) is 15.0 Å². The average molecular weight is 419 g/mol. The molecule has 1 N–H and O–H groups in total. The van der Waals surface area contributed by atoms with E-state index in [2.05, 4.69) is 33.6 Å². The molecule has 0 radical (unpaired) electrons. The van der Waals surface area contributed by atoms with Gasteiger partial charge < -0.3 is 10.1 Å². The first-order chi connectivity index (χ1) is 14.7. The summed E-state index contributed by atoms with van der Waals surface area (Å²) in [4.78, 5) is 14.9. The Morgan fingerprint density at radius 2 is 2.00 bits per heavy atom. The van der Waals surface area contributed by atoms with Gasteiger partial charge in [-0.15, -0.1) is 11.3 Å². The Kier molecular flexibility index (Phi) is 4.92. The number of rotatable bonds is 5. The Morgan fingerprint density at radius 1 is 1.13 bits per heavy atom. The molecule has 0 atom stereocenters. The number of aryl methyl sites for hydroxylation is 3. The van der Waals surface area contributed by atoms with E-state index in [1.54, 1.807) is 24.6 Å². The topological polar surface area (TPSA) is 77.8 Å². The first-order valence-corrected chi connectivity index (χ1v) is 10.8. The molecular weight excluding hydrogens is 396 g/mol. The number of methoxy groups -OCH3 is 1. The number of nitrogens with one attached hydrogen (secondary N) is 1. The number of aromatic nitrogens is 5. The second kappa shape index (κ2) is 7.87. The first-order valence-electron chi connectivity index (χ1n) is 9.94. The van der Waals surface area contributed by atoms with E-state index in [9.17, 15) is 0 Å². The number of hydrogen-bond acceptors (Lipinski definition) is 7. The largest absolute Gasteiger partial charge is 0.497 e. The number of fused-ring (bicyclic) bond motifs is 3. The summed E-state index contributed by atoms with van der Waals surface area (Å²) < 4.78 is 7.26. The lowest BCUT2D eigenvalue weighted by atomic mass is 10.1. The lowest BCUT2D eigenvalue weighted by molar-refractivity contribution is 0.414. The maximum atomic E-state index is 5.25. The molecule has 0 fully saturated rings. The van der Waals surface area contributed by atoms with Gasteiger partial charge in [0, 0.05) is 28.5 Å². The summed E-state index contributed by atoms with van der Waals surface area (Å²) >= 11 is 1.68. The van der Waals surface area contributed by atoms with Crippen LogP contribution in [0.4, 0.5) is 11.1 Å². The molecule has 0 bridgehead atoms. The van der Waals surface area contributed by atoms with Crippen LogP contribution in [0.25, 0.3) is 11.3 Å². The van der Waals surface area contributed by atoms with Gasteiger partial charge in [-0.3, -0.25) is 4.68 Å². The summed E-state index contributed by atoms with van der Waals surface area (Å²) in [6, 6.07) is 9.99. The minimum absolute atomic E-state index is 0.578. The number of nitrogens with zero attached hydrogens (tertiary/aromatic N) is 5. The normalized spacial score (nSPS) is 12.7.